The van der Waals surface area contributed by atoms with E-state index in [0.717, 1.165) is 12.0 Å². The third-order valence-corrected chi connectivity index (χ3v) is 4.59. The van der Waals surface area contributed by atoms with Crippen molar-refractivity contribution in [2.24, 2.45) is 0 Å². The van der Waals surface area contributed by atoms with Gasteiger partial charge in [0.1, 0.15) is 25.0 Å². The van der Waals surface area contributed by atoms with Crippen LogP contribution in [0.5, 0.6) is 0 Å². The number of nitrogens with one attached hydrogen (secondary N) is 1. The van der Waals surface area contributed by atoms with Gasteiger partial charge in [0.25, 0.3) is 0 Å². The van der Waals surface area contributed by atoms with E-state index in [0.29, 0.717) is 24.8 Å². The maximum absolute atomic E-state index is 12.7. The molecule has 2 aromatic rings. The molecule has 1 saturated heterocycles. The minimum absolute atomic E-state index is 0.158. The third-order valence-electron chi connectivity index (χ3n) is 4.59. The number of likely N-dealkylation sites (tertiary alicyclic amines) is 1. The van der Waals surface area contributed by atoms with Crippen LogP contribution in [0.15, 0.2) is 60.7 Å². The Morgan fingerprint density at radius 2 is 1.78 bits per heavy atom. The van der Waals surface area contributed by atoms with Crippen LogP contribution < -0.4 is 5.32 Å². The number of aldehydes is 1. The van der Waals surface area contributed by atoms with Crippen LogP contribution in [0.4, 0.5) is 4.79 Å². The van der Waals surface area contributed by atoms with Gasteiger partial charge in [-0.2, -0.15) is 0 Å². The Hall–Kier alpha value is -3.15. The van der Waals surface area contributed by atoms with Crippen LogP contribution in [0, 0.1) is 0 Å². The summed E-state index contributed by atoms with van der Waals surface area (Å²) in [6.45, 7) is 0.619. The summed E-state index contributed by atoms with van der Waals surface area (Å²) in [5.41, 5.74) is 1.59. The van der Waals surface area contributed by atoms with Crippen molar-refractivity contribution in [2.75, 3.05) is 6.54 Å². The topological polar surface area (TPSA) is 75.7 Å². The van der Waals surface area contributed by atoms with Gasteiger partial charge in [-0.25, -0.2) is 4.79 Å². The summed E-state index contributed by atoms with van der Waals surface area (Å²) in [7, 11) is 0. The molecule has 6 nitrogen and oxygen atoms in total. The van der Waals surface area contributed by atoms with E-state index in [2.05, 4.69) is 5.32 Å². The smallest absolute Gasteiger partial charge is 0.410 e. The molecule has 0 spiro atoms. The maximum atomic E-state index is 12.7. The van der Waals surface area contributed by atoms with Crippen molar-refractivity contribution < 1.29 is 19.1 Å². The summed E-state index contributed by atoms with van der Waals surface area (Å²) in [5, 5.41) is 2.73. The molecule has 2 amide bonds. The maximum Gasteiger partial charge on any atom is 0.410 e. The lowest BCUT2D eigenvalue weighted by molar-refractivity contribution is -0.127. The molecule has 1 aliphatic rings. The highest BCUT2D eigenvalue weighted by Crippen LogP contribution is 2.20. The standard InChI is InChI=1S/C21H22N2O4/c24-14-18(17-10-5-2-6-11-17)22-20(25)19-12-7-13-23(19)21(26)27-15-16-8-3-1-4-9-16/h1-6,8-11,14,18-19H,7,12-13,15H2,(H,22,25)/t18?,19-/m0/s1. The van der Waals surface area contributed by atoms with Gasteiger partial charge in [-0.15, -0.1) is 0 Å². The second-order valence-electron chi connectivity index (χ2n) is 6.42. The van der Waals surface area contributed by atoms with Crippen molar-refractivity contribution in [1.29, 1.82) is 0 Å². The summed E-state index contributed by atoms with van der Waals surface area (Å²) in [5.74, 6) is -0.342. The van der Waals surface area contributed by atoms with Gasteiger partial charge in [-0.1, -0.05) is 60.7 Å². The van der Waals surface area contributed by atoms with E-state index < -0.39 is 18.2 Å². The number of hydrogen-bond acceptors (Lipinski definition) is 4. The van der Waals surface area contributed by atoms with Crippen LogP contribution in [0.1, 0.15) is 30.0 Å². The fourth-order valence-electron chi connectivity index (χ4n) is 3.17. The van der Waals surface area contributed by atoms with E-state index in [1.54, 1.807) is 24.3 Å². The highest BCUT2D eigenvalue weighted by Gasteiger charge is 2.36. The minimum Gasteiger partial charge on any atom is -0.445 e. The van der Waals surface area contributed by atoms with Crippen molar-refractivity contribution in [1.82, 2.24) is 10.2 Å². The Kier molecular flexibility index (Phi) is 6.20. The molecule has 6 heteroatoms. The van der Waals surface area contributed by atoms with Gasteiger partial charge in [0, 0.05) is 6.54 Å². The van der Waals surface area contributed by atoms with Crippen molar-refractivity contribution in [2.45, 2.75) is 31.5 Å². The van der Waals surface area contributed by atoms with Gasteiger partial charge in [-0.3, -0.25) is 9.69 Å². The van der Waals surface area contributed by atoms with Gasteiger partial charge in [0.05, 0.1) is 0 Å². The first-order valence-electron chi connectivity index (χ1n) is 8.97. The van der Waals surface area contributed by atoms with E-state index in [4.69, 9.17) is 4.74 Å². The molecule has 2 aromatic carbocycles. The van der Waals surface area contributed by atoms with Crippen LogP contribution in [0.2, 0.25) is 0 Å². The molecule has 0 aliphatic carbocycles. The Morgan fingerprint density at radius 1 is 1.11 bits per heavy atom. The SMILES string of the molecule is O=CC(NC(=O)[C@@H]1CCCN1C(=O)OCc1ccccc1)c1ccccc1. The molecule has 3 rings (SSSR count). The average molecular weight is 366 g/mol. The number of carbonyl (C=O) groups excluding carboxylic acids is 3. The molecule has 0 bridgehead atoms. The lowest BCUT2D eigenvalue weighted by Gasteiger charge is -2.24. The number of ether oxygens (including phenoxy) is 1. The first-order valence-corrected chi connectivity index (χ1v) is 8.97. The Bertz CT molecular complexity index is 779. The predicted octanol–water partition coefficient (Wildman–Crippen LogP) is 2.84. The zero-order chi connectivity index (χ0) is 19.1. The van der Waals surface area contributed by atoms with Gasteiger partial charge < -0.3 is 14.8 Å². The van der Waals surface area contributed by atoms with Crippen molar-refractivity contribution in [3.8, 4) is 0 Å². The zero-order valence-corrected chi connectivity index (χ0v) is 14.9. The van der Waals surface area contributed by atoms with E-state index in [1.807, 2.05) is 36.4 Å². The van der Waals surface area contributed by atoms with Crippen LogP contribution >= 0.6 is 0 Å². The van der Waals surface area contributed by atoms with Gasteiger partial charge in [-0.05, 0) is 24.0 Å². The molecule has 0 aromatic heterocycles. The molecule has 1 N–H and O–H groups in total. The third kappa shape index (κ3) is 4.73. The molecule has 2 atom stereocenters. The van der Waals surface area contributed by atoms with E-state index in [9.17, 15) is 14.4 Å². The molecule has 1 unspecified atom stereocenters. The highest BCUT2D eigenvalue weighted by atomic mass is 16.6. The number of benzene rings is 2. The van der Waals surface area contributed by atoms with Crippen molar-refractivity contribution >= 4 is 18.3 Å². The lowest BCUT2D eigenvalue weighted by atomic mass is 10.1. The summed E-state index contributed by atoms with van der Waals surface area (Å²) >= 11 is 0. The molecule has 0 saturated carbocycles. The Balaban J connectivity index is 1.60. The van der Waals surface area contributed by atoms with E-state index in [-0.39, 0.29) is 12.5 Å². The Morgan fingerprint density at radius 3 is 2.44 bits per heavy atom. The largest absolute Gasteiger partial charge is 0.445 e. The van der Waals surface area contributed by atoms with Crippen molar-refractivity contribution in [3.63, 3.8) is 0 Å². The first-order chi connectivity index (χ1) is 13.2. The Labute approximate surface area is 158 Å². The molecule has 1 heterocycles. The monoisotopic (exact) mass is 366 g/mol. The number of nitrogens with zero attached hydrogens (tertiary/aromatic N) is 1. The van der Waals surface area contributed by atoms with E-state index >= 15 is 0 Å². The molecular weight excluding hydrogens is 344 g/mol. The van der Waals surface area contributed by atoms with Gasteiger partial charge in [0.15, 0.2) is 0 Å². The first kappa shape index (κ1) is 18.6. The van der Waals surface area contributed by atoms with Crippen LogP contribution in [-0.4, -0.2) is 35.8 Å². The average Bonchev–Trinajstić information content (AvgIpc) is 3.21. The van der Waals surface area contributed by atoms with Crippen molar-refractivity contribution in [3.05, 3.63) is 71.8 Å². The minimum atomic E-state index is -0.735. The number of rotatable bonds is 6. The number of carbonyl (C=O) groups is 3. The lowest BCUT2D eigenvalue weighted by Crippen LogP contribution is -2.47. The summed E-state index contributed by atoms with van der Waals surface area (Å²) in [6, 6.07) is 17.0. The summed E-state index contributed by atoms with van der Waals surface area (Å²) < 4.78 is 5.35. The highest BCUT2D eigenvalue weighted by molar-refractivity contribution is 5.88. The van der Waals surface area contributed by atoms with E-state index in [1.165, 1.54) is 4.90 Å². The summed E-state index contributed by atoms with van der Waals surface area (Å²) in [4.78, 5) is 37.9. The fourth-order valence-corrected chi connectivity index (χ4v) is 3.17. The van der Waals surface area contributed by atoms with Crippen LogP contribution in [0.3, 0.4) is 0 Å². The summed E-state index contributed by atoms with van der Waals surface area (Å²) in [6.07, 6.45) is 1.45. The quantitative estimate of drug-likeness (QED) is 0.798. The predicted molar refractivity (Wildman–Crippen MR) is 99.7 cm³/mol. The van der Waals surface area contributed by atoms with Crippen LogP contribution in [-0.2, 0) is 20.9 Å². The fraction of sp³-hybridized carbons (Fsp3) is 0.286. The number of amides is 2. The zero-order valence-electron chi connectivity index (χ0n) is 14.9. The number of hydrogen-bond donors (Lipinski definition) is 1. The normalized spacial score (nSPS) is 17.2. The van der Waals surface area contributed by atoms with Gasteiger partial charge >= 0.3 is 6.09 Å². The molecule has 27 heavy (non-hydrogen) atoms. The molecule has 1 fully saturated rings. The second-order valence-corrected chi connectivity index (χ2v) is 6.42. The molecule has 140 valence electrons. The second kappa shape index (κ2) is 8.98. The van der Waals surface area contributed by atoms with Gasteiger partial charge in [0.2, 0.25) is 5.91 Å². The molecule has 1 aliphatic heterocycles. The van der Waals surface area contributed by atoms with Crippen LogP contribution in [0.25, 0.3) is 0 Å². The molecule has 0 radical (unpaired) electrons. The molecular formula is C21H22N2O4.